The minimum absolute atomic E-state index is 0.427. The van der Waals surface area contributed by atoms with Gasteiger partial charge in [-0.1, -0.05) is 6.07 Å². The molecule has 1 saturated heterocycles. The van der Waals surface area contributed by atoms with Crippen molar-refractivity contribution in [1.29, 1.82) is 0 Å². The summed E-state index contributed by atoms with van der Waals surface area (Å²) in [5.74, 6) is 0.716. The Hall–Kier alpha value is -3.95. The van der Waals surface area contributed by atoms with Crippen LogP contribution in [0.2, 0.25) is 0 Å². The predicted molar refractivity (Wildman–Crippen MR) is 127 cm³/mol. The Balaban J connectivity index is 1.14. The maximum atomic E-state index is 13.3. The number of nitrogens with one attached hydrogen (secondary N) is 2. The van der Waals surface area contributed by atoms with Gasteiger partial charge in [0.25, 0.3) is 11.7 Å². The van der Waals surface area contributed by atoms with E-state index in [1.807, 2.05) is 0 Å². The SMILES string of the molecule is C[C@]1(c2ccc3c(c2)OCCCO3)NC(=O)N(CC(=O)Nc2ccc3c(c2)OC2(CCCC2)O3)C1=O. The van der Waals surface area contributed by atoms with Crippen molar-refractivity contribution in [2.75, 3.05) is 25.1 Å². The van der Waals surface area contributed by atoms with Crippen molar-refractivity contribution in [3.63, 3.8) is 0 Å². The van der Waals surface area contributed by atoms with Gasteiger partial charge in [-0.2, -0.15) is 0 Å². The van der Waals surface area contributed by atoms with Crippen molar-refractivity contribution in [1.82, 2.24) is 10.2 Å². The lowest BCUT2D eigenvalue weighted by Gasteiger charge is -2.23. The van der Waals surface area contributed by atoms with E-state index in [0.717, 1.165) is 37.0 Å². The molecule has 10 heteroatoms. The molecule has 36 heavy (non-hydrogen) atoms. The molecule has 10 nitrogen and oxygen atoms in total. The molecule has 3 heterocycles. The molecule has 0 bridgehead atoms. The van der Waals surface area contributed by atoms with Crippen molar-refractivity contribution in [3.05, 3.63) is 42.0 Å². The zero-order valence-electron chi connectivity index (χ0n) is 19.9. The van der Waals surface area contributed by atoms with Gasteiger partial charge in [0.2, 0.25) is 5.91 Å². The van der Waals surface area contributed by atoms with Gasteiger partial charge < -0.3 is 29.6 Å². The first-order valence-corrected chi connectivity index (χ1v) is 12.2. The average molecular weight is 494 g/mol. The molecule has 1 atom stereocenters. The second kappa shape index (κ2) is 8.32. The van der Waals surface area contributed by atoms with Gasteiger partial charge in [0, 0.05) is 31.0 Å². The smallest absolute Gasteiger partial charge is 0.325 e. The largest absolute Gasteiger partial charge is 0.490 e. The summed E-state index contributed by atoms with van der Waals surface area (Å²) >= 11 is 0. The molecule has 188 valence electrons. The predicted octanol–water partition coefficient (Wildman–Crippen LogP) is 3.30. The quantitative estimate of drug-likeness (QED) is 0.628. The standard InChI is InChI=1S/C26H27N3O7/c1-25(16-5-7-18-20(13-16)34-12-4-11-33-18)23(31)29(24(32)28-25)15-22(30)27-17-6-8-19-21(14-17)36-26(35-19)9-2-3-10-26/h5-8,13-14H,2-4,9-12,15H2,1H3,(H,27,30)(H,28,32)/t25-/m1/s1. The number of amides is 4. The van der Waals surface area contributed by atoms with Crippen molar-refractivity contribution >= 4 is 23.5 Å². The second-order valence-electron chi connectivity index (χ2n) is 9.69. The number of carbonyl (C=O) groups is 3. The van der Waals surface area contributed by atoms with Crippen LogP contribution in [-0.2, 0) is 15.1 Å². The summed E-state index contributed by atoms with van der Waals surface area (Å²) < 4.78 is 23.4. The van der Waals surface area contributed by atoms with Crippen molar-refractivity contribution in [2.24, 2.45) is 0 Å². The minimum Gasteiger partial charge on any atom is -0.490 e. The maximum Gasteiger partial charge on any atom is 0.325 e. The van der Waals surface area contributed by atoms with Crippen LogP contribution in [0.4, 0.5) is 10.5 Å². The molecule has 0 unspecified atom stereocenters. The Morgan fingerprint density at radius 2 is 1.67 bits per heavy atom. The highest BCUT2D eigenvalue weighted by Crippen LogP contribution is 2.47. The summed E-state index contributed by atoms with van der Waals surface area (Å²) in [5.41, 5.74) is -0.295. The molecule has 2 aromatic carbocycles. The van der Waals surface area contributed by atoms with Crippen LogP contribution < -0.4 is 29.6 Å². The number of imide groups is 1. The summed E-state index contributed by atoms with van der Waals surface area (Å²) in [6.45, 7) is 2.23. The van der Waals surface area contributed by atoms with E-state index < -0.39 is 35.7 Å². The summed E-state index contributed by atoms with van der Waals surface area (Å²) in [6, 6.07) is 9.68. The highest BCUT2D eigenvalue weighted by atomic mass is 16.7. The number of hydrogen-bond donors (Lipinski definition) is 2. The first-order chi connectivity index (χ1) is 17.4. The monoisotopic (exact) mass is 493 g/mol. The van der Waals surface area contributed by atoms with Crippen LogP contribution >= 0.6 is 0 Å². The highest BCUT2D eigenvalue weighted by molar-refractivity contribution is 6.10. The summed E-state index contributed by atoms with van der Waals surface area (Å²) in [7, 11) is 0. The third-order valence-corrected chi connectivity index (χ3v) is 7.09. The zero-order chi connectivity index (χ0) is 24.9. The van der Waals surface area contributed by atoms with Gasteiger partial charge in [-0.05, 0) is 49.6 Å². The van der Waals surface area contributed by atoms with E-state index in [2.05, 4.69) is 10.6 Å². The lowest BCUT2D eigenvalue weighted by atomic mass is 9.91. The first-order valence-electron chi connectivity index (χ1n) is 12.2. The van der Waals surface area contributed by atoms with Gasteiger partial charge >= 0.3 is 6.03 Å². The summed E-state index contributed by atoms with van der Waals surface area (Å²) in [6.07, 6.45) is 4.52. The topological polar surface area (TPSA) is 115 Å². The number of nitrogens with zero attached hydrogens (tertiary/aromatic N) is 1. The van der Waals surface area contributed by atoms with E-state index in [1.54, 1.807) is 43.3 Å². The van der Waals surface area contributed by atoms with Gasteiger partial charge in [0.05, 0.1) is 13.2 Å². The van der Waals surface area contributed by atoms with Gasteiger partial charge in [-0.3, -0.25) is 14.5 Å². The Kier molecular flexibility index (Phi) is 5.20. The maximum absolute atomic E-state index is 13.3. The number of urea groups is 1. The van der Waals surface area contributed by atoms with Gasteiger partial charge in [0.15, 0.2) is 23.0 Å². The van der Waals surface area contributed by atoms with Gasteiger partial charge in [0.1, 0.15) is 12.1 Å². The lowest BCUT2D eigenvalue weighted by Crippen LogP contribution is -2.42. The lowest BCUT2D eigenvalue weighted by molar-refractivity contribution is -0.133. The molecule has 0 radical (unpaired) electrons. The van der Waals surface area contributed by atoms with E-state index in [1.165, 1.54) is 0 Å². The molecule has 3 aliphatic heterocycles. The summed E-state index contributed by atoms with van der Waals surface area (Å²) in [4.78, 5) is 39.7. The first kappa shape index (κ1) is 22.5. The highest BCUT2D eigenvalue weighted by Gasteiger charge is 2.50. The molecular weight excluding hydrogens is 466 g/mol. The molecule has 6 rings (SSSR count). The van der Waals surface area contributed by atoms with E-state index in [0.29, 0.717) is 47.5 Å². The second-order valence-corrected chi connectivity index (χ2v) is 9.69. The fraction of sp³-hybridized carbons (Fsp3) is 0.423. The third-order valence-electron chi connectivity index (χ3n) is 7.09. The Morgan fingerprint density at radius 1 is 0.944 bits per heavy atom. The van der Waals surface area contributed by atoms with Crippen LogP contribution in [0.5, 0.6) is 23.0 Å². The molecule has 2 N–H and O–H groups in total. The number of fused-ring (bicyclic) bond motifs is 2. The zero-order valence-corrected chi connectivity index (χ0v) is 19.9. The molecule has 1 saturated carbocycles. The van der Waals surface area contributed by atoms with Crippen LogP contribution in [0.25, 0.3) is 0 Å². The molecule has 4 aliphatic rings. The number of anilines is 1. The molecule has 1 spiro atoms. The average Bonchev–Trinajstić information content (AvgIpc) is 3.45. The fourth-order valence-corrected chi connectivity index (χ4v) is 5.14. The van der Waals surface area contributed by atoms with Crippen molar-refractivity contribution < 1.29 is 33.3 Å². The molecular formula is C26H27N3O7. The van der Waals surface area contributed by atoms with Crippen molar-refractivity contribution in [3.8, 4) is 23.0 Å². The fourth-order valence-electron chi connectivity index (χ4n) is 5.14. The van der Waals surface area contributed by atoms with E-state index in [-0.39, 0.29) is 0 Å². The van der Waals surface area contributed by atoms with Crippen LogP contribution in [-0.4, -0.2) is 48.3 Å². The Morgan fingerprint density at radius 3 is 2.47 bits per heavy atom. The van der Waals surface area contributed by atoms with E-state index in [9.17, 15) is 14.4 Å². The van der Waals surface area contributed by atoms with Gasteiger partial charge in [-0.25, -0.2) is 4.79 Å². The molecule has 2 aromatic rings. The number of benzene rings is 2. The van der Waals surface area contributed by atoms with Gasteiger partial charge in [-0.15, -0.1) is 0 Å². The van der Waals surface area contributed by atoms with Crippen LogP contribution in [0, 0.1) is 0 Å². The number of hydrogen-bond acceptors (Lipinski definition) is 7. The minimum atomic E-state index is -1.34. The molecule has 2 fully saturated rings. The number of ether oxygens (including phenoxy) is 4. The third kappa shape index (κ3) is 3.77. The summed E-state index contributed by atoms with van der Waals surface area (Å²) in [5, 5.41) is 5.47. The van der Waals surface area contributed by atoms with Crippen LogP contribution in [0.3, 0.4) is 0 Å². The Bertz CT molecular complexity index is 1260. The van der Waals surface area contributed by atoms with E-state index >= 15 is 0 Å². The molecule has 1 aliphatic carbocycles. The Labute approximate surface area is 207 Å². The van der Waals surface area contributed by atoms with Crippen LogP contribution in [0.1, 0.15) is 44.6 Å². The number of carbonyl (C=O) groups excluding carboxylic acids is 3. The normalized spacial score (nSPS) is 23.5. The van der Waals surface area contributed by atoms with E-state index in [4.69, 9.17) is 18.9 Å². The van der Waals surface area contributed by atoms with Crippen LogP contribution in [0.15, 0.2) is 36.4 Å². The number of rotatable bonds is 4. The van der Waals surface area contributed by atoms with Crippen molar-refractivity contribution in [2.45, 2.75) is 50.4 Å². The molecule has 0 aromatic heterocycles. The molecule has 4 amide bonds.